The van der Waals surface area contributed by atoms with Crippen LogP contribution >= 0.6 is 31.3 Å². The molecule has 0 rings (SSSR count). The first-order valence-electron chi connectivity index (χ1n) is 4.90. The third-order valence-electron chi connectivity index (χ3n) is 2.51. The van der Waals surface area contributed by atoms with Gasteiger partial charge in [0.25, 0.3) is 0 Å². The van der Waals surface area contributed by atoms with Crippen LogP contribution in [0.15, 0.2) is 0 Å². The van der Waals surface area contributed by atoms with E-state index in [9.17, 15) is 26.0 Å². The Labute approximate surface area is 132 Å². The zero-order valence-electron chi connectivity index (χ0n) is 10.3. The molecule has 0 aromatic heterocycles. The van der Waals surface area contributed by atoms with Crippen LogP contribution in [0.25, 0.3) is 0 Å². The molecular formula is C6H11B2F4NO4P2S2. The first-order chi connectivity index (χ1) is 9.08. The Bertz CT molecular complexity index is 479. The molecule has 0 aliphatic heterocycles. The smallest absolute Gasteiger partial charge is 0.345 e. The third-order valence-corrected chi connectivity index (χ3v) is 5.33. The number of hydrogen-bond donors (Lipinski definition) is 3. The number of hydrogen-bond acceptors (Lipinski definition) is 5. The van der Waals surface area contributed by atoms with Gasteiger partial charge in [-0.05, 0) is 0 Å². The highest BCUT2D eigenvalue weighted by Crippen LogP contribution is 2.52. The molecule has 0 aromatic carbocycles. The van der Waals surface area contributed by atoms with Crippen LogP contribution in [0.1, 0.15) is 0 Å². The lowest BCUT2D eigenvalue weighted by Crippen LogP contribution is -2.67. The summed E-state index contributed by atoms with van der Waals surface area (Å²) >= 11 is 3.10. The van der Waals surface area contributed by atoms with Crippen molar-refractivity contribution in [2.24, 2.45) is 0 Å². The van der Waals surface area contributed by atoms with Gasteiger partial charge in [-0.2, -0.15) is 8.42 Å². The first kappa shape index (κ1) is 21.9. The van der Waals surface area contributed by atoms with E-state index in [1.165, 1.54) is 4.13 Å². The number of thiol groups is 1. The van der Waals surface area contributed by atoms with Gasteiger partial charge < -0.3 is 5.11 Å². The fourth-order valence-electron chi connectivity index (χ4n) is 1.01. The maximum absolute atomic E-state index is 14.3. The van der Waals surface area contributed by atoms with Crippen molar-refractivity contribution in [3.8, 4) is 0 Å². The monoisotopic (exact) mass is 385 g/mol. The minimum Gasteiger partial charge on any atom is -0.393 e. The number of halogens is 4. The van der Waals surface area contributed by atoms with Gasteiger partial charge in [0.05, 0.1) is 13.2 Å². The maximum atomic E-state index is 14.3. The Hall–Kier alpha value is 0.890. The molecule has 120 valence electrons. The van der Waals surface area contributed by atoms with E-state index in [2.05, 4.69) is 17.0 Å². The molecule has 0 aliphatic carbocycles. The average molecular weight is 385 g/mol. The fraction of sp³-hybridized carbons (Fsp3) is 1.00. The fourth-order valence-corrected chi connectivity index (χ4v) is 2.25. The Balaban J connectivity index is 5.47. The topological polar surface area (TPSA) is 75.6 Å². The highest BCUT2D eigenvalue weighted by Gasteiger charge is 2.66. The standard InChI is InChI=1S/C6H11B2F4NO4P2S2/c7-3(9,2-17-21(15,16)13-20)6(12,19)5(8,11)4(10,18)1-14/h13-14,20H,1-2,18-19H2. The minimum absolute atomic E-state index is 0.908. The molecule has 0 amide bonds. The third kappa shape index (κ3) is 4.46. The summed E-state index contributed by atoms with van der Waals surface area (Å²) in [7, 11) is 6.97. The molecule has 21 heavy (non-hydrogen) atoms. The largest absolute Gasteiger partial charge is 0.393 e. The molecule has 5 nitrogen and oxygen atoms in total. The van der Waals surface area contributed by atoms with E-state index < -0.39 is 45.5 Å². The number of aliphatic hydroxyl groups excluding tert-OH is 1. The maximum Gasteiger partial charge on any atom is 0.345 e. The molecule has 6 atom stereocenters. The van der Waals surface area contributed by atoms with Crippen LogP contribution in [0.2, 0.25) is 0 Å². The van der Waals surface area contributed by atoms with Crippen LogP contribution < -0.4 is 4.13 Å². The van der Waals surface area contributed by atoms with E-state index in [1.807, 2.05) is 0 Å². The molecule has 0 bridgehead atoms. The van der Waals surface area contributed by atoms with Crippen LogP contribution in [0.5, 0.6) is 0 Å². The van der Waals surface area contributed by atoms with Crippen molar-refractivity contribution < 1.29 is 35.3 Å². The van der Waals surface area contributed by atoms with Crippen LogP contribution in [0, 0.1) is 0 Å². The lowest BCUT2D eigenvalue weighted by Gasteiger charge is -2.47. The highest BCUT2D eigenvalue weighted by molar-refractivity contribution is 7.97. The van der Waals surface area contributed by atoms with Crippen molar-refractivity contribution in [1.82, 2.24) is 4.13 Å². The Morgan fingerprint density at radius 3 is 2.00 bits per heavy atom. The molecule has 0 saturated carbocycles. The van der Waals surface area contributed by atoms with Crippen LogP contribution in [0.4, 0.5) is 17.6 Å². The summed E-state index contributed by atoms with van der Waals surface area (Å²) in [4.78, 5) is 0. The molecule has 0 saturated heterocycles. The van der Waals surface area contributed by atoms with E-state index in [-0.39, 0.29) is 0 Å². The predicted molar refractivity (Wildman–Crippen MR) is 80.4 cm³/mol. The Morgan fingerprint density at radius 1 is 1.24 bits per heavy atom. The summed E-state index contributed by atoms with van der Waals surface area (Å²) in [6, 6.07) is 0. The molecule has 6 unspecified atom stereocenters. The van der Waals surface area contributed by atoms with Crippen molar-refractivity contribution in [1.29, 1.82) is 0 Å². The van der Waals surface area contributed by atoms with Gasteiger partial charge in [0.15, 0.2) is 10.8 Å². The summed E-state index contributed by atoms with van der Waals surface area (Å²) in [5, 5.41) is 1.08. The number of alkyl halides is 4. The normalized spacial score (nSPS) is 24.4. The van der Waals surface area contributed by atoms with E-state index in [0.29, 0.717) is 0 Å². The number of aliphatic hydroxyl groups is 1. The van der Waals surface area contributed by atoms with Gasteiger partial charge in [-0.25, -0.2) is 17.6 Å². The van der Waals surface area contributed by atoms with E-state index in [1.54, 1.807) is 0 Å². The van der Waals surface area contributed by atoms with Crippen molar-refractivity contribution in [2.75, 3.05) is 13.2 Å². The summed E-state index contributed by atoms with van der Waals surface area (Å²) in [5.41, 5.74) is -8.07. The van der Waals surface area contributed by atoms with E-state index in [4.69, 9.17) is 20.8 Å². The first-order valence-corrected chi connectivity index (χ1v) is 7.91. The van der Waals surface area contributed by atoms with Crippen LogP contribution in [-0.2, 0) is 14.5 Å². The van der Waals surface area contributed by atoms with Gasteiger partial charge in [-0.15, -0.1) is 4.13 Å². The second kappa shape index (κ2) is 6.79. The quantitative estimate of drug-likeness (QED) is 0.227. The summed E-state index contributed by atoms with van der Waals surface area (Å²) in [6.45, 7) is -3.38. The van der Waals surface area contributed by atoms with Gasteiger partial charge in [-0.3, -0.25) is 4.18 Å². The van der Waals surface area contributed by atoms with Gasteiger partial charge in [0.1, 0.15) is 26.8 Å². The molecule has 0 heterocycles. The lowest BCUT2D eigenvalue weighted by atomic mass is 9.64. The molecule has 0 fully saturated rings. The van der Waals surface area contributed by atoms with Crippen molar-refractivity contribution in [3.63, 3.8) is 0 Å². The van der Waals surface area contributed by atoms with Gasteiger partial charge in [0.2, 0.25) is 0 Å². The number of nitrogens with one attached hydrogen (secondary N) is 1. The Morgan fingerprint density at radius 2 is 1.67 bits per heavy atom. The van der Waals surface area contributed by atoms with E-state index >= 15 is 0 Å². The van der Waals surface area contributed by atoms with Crippen molar-refractivity contribution in [2.45, 2.75) is 22.0 Å². The predicted octanol–water partition coefficient (Wildman–Crippen LogP) is -0.575. The minimum atomic E-state index is -4.59. The van der Waals surface area contributed by atoms with Crippen LogP contribution in [0.3, 0.4) is 0 Å². The SMILES string of the molecule is [B]C(F)(COS(=O)(=O)NS)C(F)(P)C([B])(F)C(F)(P)CO. The second-order valence-corrected chi connectivity index (χ2v) is 7.70. The Kier molecular flexibility index (Phi) is 7.08. The lowest BCUT2D eigenvalue weighted by molar-refractivity contribution is -0.0755. The van der Waals surface area contributed by atoms with Gasteiger partial charge in [-0.1, -0.05) is 31.3 Å². The second-order valence-electron chi connectivity index (χ2n) is 4.11. The summed E-state index contributed by atoms with van der Waals surface area (Å²) < 4.78 is 83.1. The summed E-state index contributed by atoms with van der Waals surface area (Å²) in [6.07, 6.45) is 0. The van der Waals surface area contributed by atoms with Gasteiger partial charge >= 0.3 is 10.3 Å². The van der Waals surface area contributed by atoms with Crippen molar-refractivity contribution >= 4 is 57.3 Å². The van der Waals surface area contributed by atoms with Gasteiger partial charge in [0, 0.05) is 0 Å². The number of rotatable bonds is 8. The van der Waals surface area contributed by atoms with Crippen molar-refractivity contribution in [3.05, 3.63) is 0 Å². The summed E-state index contributed by atoms with van der Waals surface area (Å²) in [5.74, 6) is 0. The molecular weight excluding hydrogens is 374 g/mol. The van der Waals surface area contributed by atoms with Crippen LogP contribution in [-0.4, -0.2) is 64.4 Å². The zero-order chi connectivity index (χ0) is 17.3. The molecule has 0 spiro atoms. The molecule has 0 aliphatic rings. The average Bonchev–Trinajstić information content (AvgIpc) is 2.36. The highest BCUT2D eigenvalue weighted by atomic mass is 32.3. The molecule has 15 heteroatoms. The molecule has 2 N–H and O–H groups in total. The molecule has 4 radical (unpaired) electrons. The molecule has 0 aromatic rings. The van der Waals surface area contributed by atoms with E-state index in [0.717, 1.165) is 18.5 Å². The zero-order valence-corrected chi connectivity index (χ0v) is 14.3.